The van der Waals surface area contributed by atoms with Gasteiger partial charge in [0.15, 0.2) is 11.6 Å². The van der Waals surface area contributed by atoms with Gasteiger partial charge in [-0.15, -0.1) is 0 Å². The van der Waals surface area contributed by atoms with Gasteiger partial charge in [-0.2, -0.15) is 0 Å². The molecule has 0 radical (unpaired) electrons. The fraction of sp³-hybridized carbons (Fsp3) is 0.320. The van der Waals surface area contributed by atoms with E-state index < -0.39 is 0 Å². The number of carbonyl (C=O) groups excluding carboxylic acids is 1. The fourth-order valence-corrected chi connectivity index (χ4v) is 4.23. The average Bonchev–Trinajstić information content (AvgIpc) is 3.21. The lowest BCUT2D eigenvalue weighted by Crippen LogP contribution is -2.27. The zero-order valence-corrected chi connectivity index (χ0v) is 19.2. The number of hydrogen-bond acceptors (Lipinski definition) is 6. The Kier molecular flexibility index (Phi) is 6.28. The van der Waals surface area contributed by atoms with Crippen molar-refractivity contribution in [3.63, 3.8) is 0 Å². The lowest BCUT2D eigenvalue weighted by Gasteiger charge is -2.24. The third-order valence-electron chi connectivity index (χ3n) is 5.38. The molecular formula is C25H27N3O2S. The smallest absolute Gasteiger partial charge is 0.219 e. The molecule has 0 aliphatic heterocycles. The molecule has 0 bridgehead atoms. The van der Waals surface area contributed by atoms with Gasteiger partial charge < -0.3 is 9.32 Å². The van der Waals surface area contributed by atoms with Crippen LogP contribution in [0.5, 0.6) is 0 Å². The molecule has 0 spiro atoms. The van der Waals surface area contributed by atoms with E-state index in [4.69, 9.17) is 14.4 Å². The molecule has 0 saturated heterocycles. The molecule has 0 aliphatic rings. The van der Waals surface area contributed by atoms with Crippen LogP contribution in [0, 0.1) is 0 Å². The molecule has 6 heteroatoms. The molecule has 0 fully saturated rings. The van der Waals surface area contributed by atoms with Crippen LogP contribution in [0.4, 0.5) is 5.82 Å². The Balaban J connectivity index is 1.81. The zero-order chi connectivity index (χ0) is 22.0. The second kappa shape index (κ2) is 9.10. The summed E-state index contributed by atoms with van der Waals surface area (Å²) in [4.78, 5) is 24.5. The van der Waals surface area contributed by atoms with Crippen LogP contribution in [-0.2, 0) is 0 Å². The highest BCUT2D eigenvalue weighted by Gasteiger charge is 2.20. The van der Waals surface area contributed by atoms with Gasteiger partial charge in [0.25, 0.3) is 0 Å². The number of thioether (sulfide) groups is 1. The van der Waals surface area contributed by atoms with Crippen molar-refractivity contribution in [3.8, 4) is 11.5 Å². The van der Waals surface area contributed by atoms with Crippen molar-refractivity contribution in [1.82, 2.24) is 9.97 Å². The monoisotopic (exact) mass is 433 g/mol. The second-order valence-corrected chi connectivity index (χ2v) is 9.01. The number of benzene rings is 2. The van der Waals surface area contributed by atoms with Crippen molar-refractivity contribution in [3.05, 3.63) is 54.1 Å². The van der Waals surface area contributed by atoms with E-state index in [1.54, 1.807) is 0 Å². The Morgan fingerprint density at radius 1 is 1.10 bits per heavy atom. The molecule has 160 valence electrons. The van der Waals surface area contributed by atoms with Gasteiger partial charge in [-0.25, -0.2) is 9.97 Å². The van der Waals surface area contributed by atoms with Crippen LogP contribution >= 0.6 is 11.8 Å². The molecule has 0 amide bonds. The van der Waals surface area contributed by atoms with Crippen molar-refractivity contribution in [1.29, 1.82) is 0 Å². The third kappa shape index (κ3) is 4.44. The molecule has 5 nitrogen and oxygen atoms in total. The lowest BCUT2D eigenvalue weighted by molar-refractivity contribution is 0.108. The van der Waals surface area contributed by atoms with E-state index in [-0.39, 0.29) is 11.2 Å². The highest BCUT2D eigenvalue weighted by molar-refractivity contribution is 8.14. The van der Waals surface area contributed by atoms with Crippen LogP contribution in [0.25, 0.3) is 33.5 Å². The summed E-state index contributed by atoms with van der Waals surface area (Å²) in [6.07, 6.45) is 2.12. The zero-order valence-electron chi connectivity index (χ0n) is 18.4. The third-order valence-corrected chi connectivity index (χ3v) is 6.37. The largest absolute Gasteiger partial charge is 0.454 e. The minimum Gasteiger partial charge on any atom is -0.454 e. The summed E-state index contributed by atoms with van der Waals surface area (Å²) in [5.74, 6) is 2.27. The Morgan fingerprint density at radius 2 is 1.90 bits per heavy atom. The van der Waals surface area contributed by atoms with E-state index in [0.29, 0.717) is 22.5 Å². The maximum Gasteiger partial charge on any atom is 0.219 e. The molecule has 0 aliphatic carbocycles. The van der Waals surface area contributed by atoms with Crippen molar-refractivity contribution in [2.75, 3.05) is 17.7 Å². The minimum absolute atomic E-state index is 0.0808. The van der Waals surface area contributed by atoms with Crippen LogP contribution in [0.3, 0.4) is 0 Å². The number of carbonyl (C=O) groups is 1. The molecule has 0 atom stereocenters. The lowest BCUT2D eigenvalue weighted by atomic mass is 10.2. The quantitative estimate of drug-likeness (QED) is 0.308. The number of nitrogens with zero attached hydrogens (tertiary/aromatic N) is 3. The second-order valence-electron chi connectivity index (χ2n) is 7.94. The first-order chi connectivity index (χ1) is 15.0. The summed E-state index contributed by atoms with van der Waals surface area (Å²) < 4.78 is 6.10. The van der Waals surface area contributed by atoms with E-state index in [2.05, 4.69) is 25.7 Å². The molecule has 4 aromatic rings. The van der Waals surface area contributed by atoms with Crippen LogP contribution < -0.4 is 4.90 Å². The maximum absolute atomic E-state index is 12.6. The van der Waals surface area contributed by atoms with E-state index in [9.17, 15) is 4.79 Å². The van der Waals surface area contributed by atoms with Gasteiger partial charge in [0.2, 0.25) is 5.12 Å². The predicted molar refractivity (Wildman–Crippen MR) is 130 cm³/mol. The van der Waals surface area contributed by atoms with Crippen molar-refractivity contribution < 1.29 is 9.21 Å². The van der Waals surface area contributed by atoms with Crippen LogP contribution in [0.1, 0.15) is 44.0 Å². The van der Waals surface area contributed by atoms with Gasteiger partial charge in [-0.05, 0) is 50.6 Å². The summed E-state index contributed by atoms with van der Waals surface area (Å²) in [7, 11) is 2.00. The summed E-state index contributed by atoms with van der Waals surface area (Å²) in [5.41, 5.74) is 3.65. The molecule has 0 N–H and O–H groups in total. The van der Waals surface area contributed by atoms with Crippen LogP contribution in [0.2, 0.25) is 0 Å². The molecule has 4 rings (SSSR count). The highest BCUT2D eigenvalue weighted by Crippen LogP contribution is 2.34. The molecule has 2 aromatic heterocycles. The van der Waals surface area contributed by atoms with Gasteiger partial charge in [0.1, 0.15) is 11.3 Å². The number of para-hydroxylation sites is 1. The predicted octanol–water partition coefficient (Wildman–Crippen LogP) is 6.56. The first kappa shape index (κ1) is 21.4. The average molecular weight is 434 g/mol. The standard InChI is InChI=1S/C25H27N3O2S/c1-5-6-13-31-25(29)18-11-12-19-20(14-18)27-24(28(4)16(2)3)23(26-19)22-15-17-9-7-8-10-21(17)30-22/h7-12,14-16H,5-6,13H2,1-4H3. The highest BCUT2D eigenvalue weighted by atomic mass is 32.2. The molecule has 2 heterocycles. The minimum atomic E-state index is 0.0808. The first-order valence-corrected chi connectivity index (χ1v) is 11.7. The van der Waals surface area contributed by atoms with Crippen molar-refractivity contribution in [2.24, 2.45) is 0 Å². The molecule has 2 aromatic carbocycles. The van der Waals surface area contributed by atoms with Gasteiger partial charge >= 0.3 is 0 Å². The normalized spacial score (nSPS) is 11.5. The number of fused-ring (bicyclic) bond motifs is 2. The van der Waals surface area contributed by atoms with E-state index >= 15 is 0 Å². The van der Waals surface area contributed by atoms with Gasteiger partial charge in [0.05, 0.1) is 11.0 Å². The number of hydrogen-bond donors (Lipinski definition) is 0. The Hall–Kier alpha value is -2.86. The number of aromatic nitrogens is 2. The molecule has 31 heavy (non-hydrogen) atoms. The Morgan fingerprint density at radius 3 is 2.65 bits per heavy atom. The van der Waals surface area contributed by atoms with Gasteiger partial charge in [-0.3, -0.25) is 4.79 Å². The number of furan rings is 1. The Labute approximate surface area is 186 Å². The Bertz CT molecular complexity index is 1200. The summed E-state index contributed by atoms with van der Waals surface area (Å²) in [6, 6.07) is 15.7. The van der Waals surface area contributed by atoms with Crippen LogP contribution in [0.15, 0.2) is 52.9 Å². The van der Waals surface area contributed by atoms with Crippen molar-refractivity contribution >= 4 is 44.7 Å². The van der Waals surface area contributed by atoms with Gasteiger partial charge in [0, 0.05) is 29.8 Å². The summed E-state index contributed by atoms with van der Waals surface area (Å²) in [6.45, 7) is 6.35. The topological polar surface area (TPSA) is 59.2 Å². The molecule has 0 unspecified atom stereocenters. The summed E-state index contributed by atoms with van der Waals surface area (Å²) >= 11 is 1.37. The SMILES string of the molecule is CCCCSC(=O)c1ccc2nc(-c3cc4ccccc4o3)c(N(C)C(C)C)nc2c1. The van der Waals surface area contributed by atoms with Gasteiger partial charge in [-0.1, -0.05) is 43.3 Å². The van der Waals surface area contributed by atoms with E-state index in [1.165, 1.54) is 11.8 Å². The van der Waals surface area contributed by atoms with Crippen LogP contribution in [-0.4, -0.2) is 33.9 Å². The molecule has 0 saturated carbocycles. The summed E-state index contributed by atoms with van der Waals surface area (Å²) in [5, 5.41) is 1.11. The van der Waals surface area contributed by atoms with E-state index in [1.807, 2.05) is 55.6 Å². The molecular weight excluding hydrogens is 406 g/mol. The van der Waals surface area contributed by atoms with Crippen molar-refractivity contribution in [2.45, 2.75) is 39.7 Å². The first-order valence-electron chi connectivity index (χ1n) is 10.7. The number of unbranched alkanes of at least 4 members (excludes halogenated alkanes) is 1. The fourth-order valence-electron chi connectivity index (χ4n) is 3.32. The number of rotatable bonds is 7. The van der Waals surface area contributed by atoms with E-state index in [0.717, 1.165) is 40.9 Å². The number of anilines is 1. The maximum atomic E-state index is 12.6.